The molecule has 0 atom stereocenters. The van der Waals surface area contributed by atoms with E-state index < -0.39 is 0 Å². The first kappa shape index (κ1) is 13.5. The molecule has 2 heterocycles. The molecule has 2 rings (SSSR count). The number of aromatic amines is 1. The number of hydrogen-bond donors (Lipinski definition) is 2. The zero-order valence-electron chi connectivity index (χ0n) is 11.1. The number of carbonyl (C=O) groups excluding carboxylic acids is 1. The van der Waals surface area contributed by atoms with Gasteiger partial charge in [0, 0.05) is 30.7 Å². The molecule has 0 unspecified atom stereocenters. The molecule has 102 valence electrons. The van der Waals surface area contributed by atoms with Crippen molar-refractivity contribution in [3.8, 4) is 0 Å². The van der Waals surface area contributed by atoms with Crippen molar-refractivity contribution < 1.29 is 9.53 Å². The largest absolute Gasteiger partial charge is 0.466 e. The van der Waals surface area contributed by atoms with Crippen LogP contribution >= 0.6 is 0 Å². The number of pyridine rings is 1. The number of aromatic nitrogens is 2. The van der Waals surface area contributed by atoms with Gasteiger partial charge in [-0.2, -0.15) is 0 Å². The Morgan fingerprint density at radius 2 is 2.42 bits per heavy atom. The van der Waals surface area contributed by atoms with Gasteiger partial charge in [-0.25, -0.2) is 4.98 Å². The number of hydrogen-bond acceptors (Lipinski definition) is 4. The lowest BCUT2D eigenvalue weighted by atomic mass is 10.2. The van der Waals surface area contributed by atoms with Crippen LogP contribution in [-0.4, -0.2) is 29.1 Å². The van der Waals surface area contributed by atoms with E-state index in [9.17, 15) is 4.79 Å². The van der Waals surface area contributed by atoms with Crippen LogP contribution in [0.2, 0.25) is 0 Å². The number of nitrogens with zero attached hydrogens (tertiary/aromatic N) is 1. The van der Waals surface area contributed by atoms with Crippen molar-refractivity contribution in [3.05, 3.63) is 30.1 Å². The molecule has 0 bridgehead atoms. The fraction of sp³-hybridized carbons (Fsp3) is 0.429. The second-order valence-electron chi connectivity index (χ2n) is 4.30. The summed E-state index contributed by atoms with van der Waals surface area (Å²) in [7, 11) is 0. The highest BCUT2D eigenvalue weighted by Crippen LogP contribution is 2.14. The van der Waals surface area contributed by atoms with Crippen LogP contribution in [0, 0.1) is 0 Å². The van der Waals surface area contributed by atoms with Gasteiger partial charge in [0.05, 0.1) is 6.61 Å². The van der Waals surface area contributed by atoms with E-state index in [0.29, 0.717) is 13.0 Å². The number of nitrogens with one attached hydrogen (secondary N) is 2. The monoisotopic (exact) mass is 261 g/mol. The van der Waals surface area contributed by atoms with Crippen molar-refractivity contribution in [2.24, 2.45) is 0 Å². The van der Waals surface area contributed by atoms with Gasteiger partial charge >= 0.3 is 5.97 Å². The third-order valence-electron chi connectivity index (χ3n) is 2.89. The summed E-state index contributed by atoms with van der Waals surface area (Å²) < 4.78 is 4.87. The average Bonchev–Trinajstić information content (AvgIpc) is 2.82. The van der Waals surface area contributed by atoms with Crippen LogP contribution in [0.25, 0.3) is 11.0 Å². The van der Waals surface area contributed by atoms with Gasteiger partial charge < -0.3 is 15.0 Å². The topological polar surface area (TPSA) is 67.0 Å². The average molecular weight is 261 g/mol. The number of ether oxygens (including phenoxy) is 1. The lowest BCUT2D eigenvalue weighted by molar-refractivity contribution is -0.143. The van der Waals surface area contributed by atoms with Gasteiger partial charge in [0.1, 0.15) is 5.65 Å². The minimum Gasteiger partial charge on any atom is -0.466 e. The summed E-state index contributed by atoms with van der Waals surface area (Å²) in [6, 6.07) is 3.98. The summed E-state index contributed by atoms with van der Waals surface area (Å²) in [4.78, 5) is 18.5. The van der Waals surface area contributed by atoms with E-state index >= 15 is 0 Å². The molecule has 2 N–H and O–H groups in total. The van der Waals surface area contributed by atoms with E-state index in [1.807, 2.05) is 19.2 Å². The minimum absolute atomic E-state index is 0.124. The summed E-state index contributed by atoms with van der Waals surface area (Å²) in [5, 5.41) is 4.46. The molecule has 2 aromatic heterocycles. The zero-order valence-corrected chi connectivity index (χ0v) is 11.1. The second-order valence-corrected chi connectivity index (χ2v) is 4.30. The van der Waals surface area contributed by atoms with Crippen LogP contribution in [0.15, 0.2) is 24.5 Å². The SMILES string of the molecule is CCOC(=O)CCCNCc1c[nH]c2ncccc12. The van der Waals surface area contributed by atoms with Crippen molar-refractivity contribution in [1.82, 2.24) is 15.3 Å². The molecule has 0 aromatic carbocycles. The quantitative estimate of drug-likeness (QED) is 0.591. The molecule has 0 aliphatic carbocycles. The van der Waals surface area contributed by atoms with E-state index in [1.54, 1.807) is 6.20 Å². The lowest BCUT2D eigenvalue weighted by Crippen LogP contribution is -2.16. The van der Waals surface area contributed by atoms with Crippen molar-refractivity contribution in [2.75, 3.05) is 13.2 Å². The molecule has 0 amide bonds. The number of fused-ring (bicyclic) bond motifs is 1. The van der Waals surface area contributed by atoms with Crippen LogP contribution in [-0.2, 0) is 16.1 Å². The summed E-state index contributed by atoms with van der Waals surface area (Å²) in [5.41, 5.74) is 2.10. The summed E-state index contributed by atoms with van der Waals surface area (Å²) in [6.45, 7) is 3.84. The van der Waals surface area contributed by atoms with Crippen LogP contribution in [0.5, 0.6) is 0 Å². The van der Waals surface area contributed by atoms with Crippen molar-refractivity contribution in [3.63, 3.8) is 0 Å². The summed E-state index contributed by atoms with van der Waals surface area (Å²) in [5.74, 6) is -0.124. The molecule has 0 fully saturated rings. The van der Waals surface area contributed by atoms with Crippen LogP contribution in [0.1, 0.15) is 25.3 Å². The van der Waals surface area contributed by atoms with Gasteiger partial charge in [-0.05, 0) is 37.6 Å². The molecule has 0 aliphatic heterocycles. The number of H-pyrrole nitrogens is 1. The zero-order chi connectivity index (χ0) is 13.5. The predicted octanol–water partition coefficient (Wildman–Crippen LogP) is 2.00. The Morgan fingerprint density at radius 1 is 1.53 bits per heavy atom. The van der Waals surface area contributed by atoms with Gasteiger partial charge in [0.2, 0.25) is 0 Å². The Balaban J connectivity index is 1.73. The van der Waals surface area contributed by atoms with E-state index in [2.05, 4.69) is 21.4 Å². The van der Waals surface area contributed by atoms with E-state index in [1.165, 1.54) is 5.56 Å². The first-order valence-electron chi connectivity index (χ1n) is 6.58. The highest BCUT2D eigenvalue weighted by Gasteiger charge is 2.04. The van der Waals surface area contributed by atoms with Crippen molar-refractivity contribution in [1.29, 1.82) is 0 Å². The molecule has 5 nitrogen and oxygen atoms in total. The van der Waals surface area contributed by atoms with E-state index in [4.69, 9.17) is 4.74 Å². The Hall–Kier alpha value is -1.88. The van der Waals surface area contributed by atoms with Gasteiger partial charge in [-0.1, -0.05) is 0 Å². The molecule has 0 saturated carbocycles. The number of esters is 1. The molecule has 0 radical (unpaired) electrons. The predicted molar refractivity (Wildman–Crippen MR) is 73.7 cm³/mol. The van der Waals surface area contributed by atoms with Gasteiger partial charge in [-0.3, -0.25) is 4.79 Å². The standard InChI is InChI=1S/C14H19N3O2/c1-2-19-13(18)6-4-7-15-9-11-10-17-14-12(11)5-3-8-16-14/h3,5,8,10,15H,2,4,6-7,9H2,1H3,(H,16,17). The molecule has 5 heteroatoms. The lowest BCUT2D eigenvalue weighted by Gasteiger charge is -2.04. The van der Waals surface area contributed by atoms with Gasteiger partial charge in [-0.15, -0.1) is 0 Å². The summed E-state index contributed by atoms with van der Waals surface area (Å²) in [6.07, 6.45) is 5.00. The molecular weight excluding hydrogens is 242 g/mol. The van der Waals surface area contributed by atoms with E-state index in [0.717, 1.165) is 30.5 Å². The van der Waals surface area contributed by atoms with Crippen molar-refractivity contribution >= 4 is 17.0 Å². The fourth-order valence-electron chi connectivity index (χ4n) is 1.97. The first-order valence-corrected chi connectivity index (χ1v) is 6.58. The third-order valence-corrected chi connectivity index (χ3v) is 2.89. The molecule has 19 heavy (non-hydrogen) atoms. The maximum Gasteiger partial charge on any atom is 0.305 e. The maximum atomic E-state index is 11.1. The Kier molecular flexibility index (Phi) is 4.92. The van der Waals surface area contributed by atoms with Gasteiger partial charge in [0.25, 0.3) is 0 Å². The van der Waals surface area contributed by atoms with Crippen LogP contribution in [0.3, 0.4) is 0 Å². The Bertz CT molecular complexity index is 536. The smallest absolute Gasteiger partial charge is 0.305 e. The summed E-state index contributed by atoms with van der Waals surface area (Å²) >= 11 is 0. The normalized spacial score (nSPS) is 10.8. The molecule has 0 aliphatic rings. The van der Waals surface area contributed by atoms with Crippen LogP contribution in [0.4, 0.5) is 0 Å². The number of rotatable bonds is 7. The highest BCUT2D eigenvalue weighted by molar-refractivity contribution is 5.79. The minimum atomic E-state index is -0.124. The van der Waals surface area contributed by atoms with E-state index in [-0.39, 0.29) is 5.97 Å². The molecule has 0 saturated heterocycles. The molecule has 0 spiro atoms. The molecule has 2 aromatic rings. The molecular formula is C14H19N3O2. The second kappa shape index (κ2) is 6.89. The number of carbonyl (C=O) groups is 1. The fourth-order valence-corrected chi connectivity index (χ4v) is 1.97. The maximum absolute atomic E-state index is 11.1. The third kappa shape index (κ3) is 3.79. The van der Waals surface area contributed by atoms with Gasteiger partial charge in [0.15, 0.2) is 0 Å². The van der Waals surface area contributed by atoms with Crippen LogP contribution < -0.4 is 5.32 Å². The highest BCUT2D eigenvalue weighted by atomic mass is 16.5. The Morgan fingerprint density at radius 3 is 3.26 bits per heavy atom. The van der Waals surface area contributed by atoms with Crippen molar-refractivity contribution in [2.45, 2.75) is 26.3 Å². The first-order chi connectivity index (χ1) is 9.31. The Labute approximate surface area is 112 Å².